The largest absolute Gasteiger partial charge is 0.314 e. The van der Waals surface area contributed by atoms with Crippen molar-refractivity contribution in [2.45, 2.75) is 37.6 Å². The maximum atomic E-state index is 12.6. The standard InChI is InChI=1S/C18H24N4OS/c23-16(21-17-20-14-6-2-3-7-15(14)24-17)12-22-11-10-19-13-18(22)8-4-1-5-9-18/h2-3,6-7,19H,1,4-5,8-13H2,(H,20,21,23). The number of anilines is 1. The van der Waals surface area contributed by atoms with Gasteiger partial charge in [-0.2, -0.15) is 0 Å². The zero-order valence-electron chi connectivity index (χ0n) is 13.9. The molecule has 1 saturated heterocycles. The number of hydrogen-bond donors (Lipinski definition) is 2. The van der Waals surface area contributed by atoms with Gasteiger partial charge in [-0.1, -0.05) is 42.7 Å². The summed E-state index contributed by atoms with van der Waals surface area (Å²) in [5.41, 5.74) is 1.13. The Balaban J connectivity index is 1.44. The van der Waals surface area contributed by atoms with Crippen LogP contribution in [0.5, 0.6) is 0 Å². The van der Waals surface area contributed by atoms with E-state index >= 15 is 0 Å². The fourth-order valence-electron chi connectivity index (χ4n) is 4.09. The lowest BCUT2D eigenvalue weighted by atomic mass is 9.79. The molecular formula is C18H24N4OS. The number of carbonyl (C=O) groups is 1. The van der Waals surface area contributed by atoms with Crippen LogP contribution >= 0.6 is 11.3 Å². The van der Waals surface area contributed by atoms with Crippen LogP contribution in [0.25, 0.3) is 10.2 Å². The number of para-hydroxylation sites is 1. The fraction of sp³-hybridized carbons (Fsp3) is 0.556. The normalized spacial score (nSPS) is 21.2. The van der Waals surface area contributed by atoms with Crippen molar-refractivity contribution in [3.63, 3.8) is 0 Å². The molecule has 2 fully saturated rings. The zero-order chi connectivity index (χ0) is 16.4. The number of nitrogens with zero attached hydrogens (tertiary/aromatic N) is 2. The lowest BCUT2D eigenvalue weighted by Gasteiger charge is -2.49. The molecule has 1 aromatic carbocycles. The van der Waals surface area contributed by atoms with E-state index in [9.17, 15) is 4.79 Å². The fourth-order valence-corrected chi connectivity index (χ4v) is 4.97. The average Bonchev–Trinajstić information content (AvgIpc) is 3.00. The highest BCUT2D eigenvalue weighted by Crippen LogP contribution is 2.34. The highest BCUT2D eigenvalue weighted by atomic mass is 32.1. The van der Waals surface area contributed by atoms with Gasteiger partial charge in [0, 0.05) is 25.2 Å². The highest BCUT2D eigenvalue weighted by Gasteiger charge is 2.40. The number of rotatable bonds is 3. The average molecular weight is 344 g/mol. The zero-order valence-corrected chi connectivity index (χ0v) is 14.7. The molecule has 1 aromatic heterocycles. The summed E-state index contributed by atoms with van der Waals surface area (Å²) >= 11 is 1.54. The maximum absolute atomic E-state index is 12.6. The second-order valence-corrected chi connectivity index (χ2v) is 7.95. The number of piperazine rings is 1. The van der Waals surface area contributed by atoms with Crippen LogP contribution in [0.15, 0.2) is 24.3 Å². The van der Waals surface area contributed by atoms with Gasteiger partial charge in [-0.05, 0) is 25.0 Å². The van der Waals surface area contributed by atoms with Gasteiger partial charge in [-0.3, -0.25) is 9.69 Å². The smallest absolute Gasteiger partial charge is 0.240 e. The molecular weight excluding hydrogens is 320 g/mol. The molecule has 2 aromatic rings. The monoisotopic (exact) mass is 344 g/mol. The van der Waals surface area contributed by atoms with Crippen LogP contribution in [0.1, 0.15) is 32.1 Å². The minimum Gasteiger partial charge on any atom is -0.314 e. The van der Waals surface area contributed by atoms with Gasteiger partial charge in [0.2, 0.25) is 5.91 Å². The highest BCUT2D eigenvalue weighted by molar-refractivity contribution is 7.22. The van der Waals surface area contributed by atoms with Crippen LogP contribution in [0, 0.1) is 0 Å². The number of aromatic nitrogens is 1. The van der Waals surface area contributed by atoms with Crippen molar-refractivity contribution < 1.29 is 4.79 Å². The molecule has 4 rings (SSSR count). The van der Waals surface area contributed by atoms with E-state index in [0.717, 1.165) is 29.9 Å². The van der Waals surface area contributed by atoms with E-state index < -0.39 is 0 Å². The molecule has 1 saturated carbocycles. The van der Waals surface area contributed by atoms with Crippen LogP contribution in [-0.4, -0.2) is 47.5 Å². The molecule has 0 bridgehead atoms. The first-order valence-corrected chi connectivity index (χ1v) is 9.68. The van der Waals surface area contributed by atoms with Crippen LogP contribution < -0.4 is 10.6 Å². The maximum Gasteiger partial charge on any atom is 0.240 e. The molecule has 128 valence electrons. The van der Waals surface area contributed by atoms with Gasteiger partial charge in [0.15, 0.2) is 5.13 Å². The first kappa shape index (κ1) is 16.0. The molecule has 1 aliphatic carbocycles. The van der Waals surface area contributed by atoms with E-state index in [2.05, 4.69) is 20.5 Å². The second kappa shape index (κ2) is 6.78. The summed E-state index contributed by atoms with van der Waals surface area (Å²) in [7, 11) is 0. The van der Waals surface area contributed by atoms with Gasteiger partial charge >= 0.3 is 0 Å². The van der Waals surface area contributed by atoms with Crippen LogP contribution in [0.2, 0.25) is 0 Å². The van der Waals surface area contributed by atoms with Crippen molar-refractivity contribution in [2.24, 2.45) is 0 Å². The van der Waals surface area contributed by atoms with Crippen molar-refractivity contribution in [2.75, 3.05) is 31.5 Å². The van der Waals surface area contributed by atoms with E-state index in [1.165, 1.54) is 32.1 Å². The number of hydrogen-bond acceptors (Lipinski definition) is 5. The van der Waals surface area contributed by atoms with Gasteiger partial charge in [-0.25, -0.2) is 4.98 Å². The lowest BCUT2D eigenvalue weighted by molar-refractivity contribution is -0.120. The van der Waals surface area contributed by atoms with E-state index in [1.807, 2.05) is 24.3 Å². The third-order valence-corrected chi connectivity index (χ3v) is 6.29. The molecule has 2 heterocycles. The molecule has 6 heteroatoms. The Kier molecular flexibility index (Phi) is 4.52. The quantitative estimate of drug-likeness (QED) is 0.899. The SMILES string of the molecule is O=C(CN1CCNCC12CCCCC2)Nc1nc2ccccc2s1. The molecule has 1 aliphatic heterocycles. The topological polar surface area (TPSA) is 57.3 Å². The second-order valence-electron chi connectivity index (χ2n) is 6.92. The first-order valence-electron chi connectivity index (χ1n) is 8.86. The minimum atomic E-state index is 0.0564. The van der Waals surface area contributed by atoms with Crippen molar-refractivity contribution in [3.05, 3.63) is 24.3 Å². The summed E-state index contributed by atoms with van der Waals surface area (Å²) in [6.07, 6.45) is 6.28. The molecule has 0 radical (unpaired) electrons. The molecule has 0 atom stereocenters. The van der Waals surface area contributed by atoms with Crippen molar-refractivity contribution >= 4 is 32.6 Å². The summed E-state index contributed by atoms with van der Waals surface area (Å²) in [4.78, 5) is 19.5. The molecule has 1 spiro atoms. The number of amides is 1. The molecule has 24 heavy (non-hydrogen) atoms. The van der Waals surface area contributed by atoms with E-state index in [1.54, 1.807) is 11.3 Å². The number of thiazole rings is 1. The summed E-state index contributed by atoms with van der Waals surface area (Å²) in [5.74, 6) is 0.0564. The van der Waals surface area contributed by atoms with Gasteiger partial charge in [0.1, 0.15) is 0 Å². The van der Waals surface area contributed by atoms with E-state index in [0.29, 0.717) is 11.7 Å². The summed E-state index contributed by atoms with van der Waals surface area (Å²) in [6.45, 7) is 3.41. The summed E-state index contributed by atoms with van der Waals surface area (Å²) in [5, 5.41) is 7.24. The summed E-state index contributed by atoms with van der Waals surface area (Å²) < 4.78 is 1.11. The Labute approximate surface area is 146 Å². The Bertz CT molecular complexity index is 681. The Hall–Kier alpha value is -1.50. The predicted octanol–water partition coefficient (Wildman–Crippen LogP) is 2.84. The lowest BCUT2D eigenvalue weighted by Crippen LogP contribution is -2.63. The number of nitrogens with one attached hydrogen (secondary N) is 2. The van der Waals surface area contributed by atoms with Crippen molar-refractivity contribution in [1.82, 2.24) is 15.2 Å². The van der Waals surface area contributed by atoms with Gasteiger partial charge in [0.25, 0.3) is 0 Å². The van der Waals surface area contributed by atoms with E-state index in [4.69, 9.17) is 0 Å². The summed E-state index contributed by atoms with van der Waals surface area (Å²) in [6, 6.07) is 7.99. The molecule has 1 amide bonds. The van der Waals surface area contributed by atoms with Crippen molar-refractivity contribution in [1.29, 1.82) is 0 Å². The minimum absolute atomic E-state index is 0.0564. The van der Waals surface area contributed by atoms with Gasteiger partial charge in [-0.15, -0.1) is 0 Å². The number of carbonyl (C=O) groups excluding carboxylic acids is 1. The third-order valence-electron chi connectivity index (χ3n) is 5.34. The first-order chi connectivity index (χ1) is 11.8. The van der Waals surface area contributed by atoms with E-state index in [-0.39, 0.29) is 11.4 Å². The van der Waals surface area contributed by atoms with Crippen LogP contribution in [-0.2, 0) is 4.79 Å². The van der Waals surface area contributed by atoms with Crippen LogP contribution in [0.4, 0.5) is 5.13 Å². The number of benzene rings is 1. The van der Waals surface area contributed by atoms with Gasteiger partial charge in [0.05, 0.1) is 16.8 Å². The van der Waals surface area contributed by atoms with Crippen LogP contribution in [0.3, 0.4) is 0 Å². The number of fused-ring (bicyclic) bond motifs is 1. The molecule has 2 N–H and O–H groups in total. The third kappa shape index (κ3) is 3.18. The molecule has 2 aliphatic rings. The predicted molar refractivity (Wildman–Crippen MR) is 98.5 cm³/mol. The molecule has 0 unspecified atom stereocenters. The molecule has 5 nitrogen and oxygen atoms in total. The van der Waals surface area contributed by atoms with Gasteiger partial charge < -0.3 is 10.6 Å². The Morgan fingerprint density at radius 2 is 2.12 bits per heavy atom. The van der Waals surface area contributed by atoms with Crippen molar-refractivity contribution in [3.8, 4) is 0 Å². The Morgan fingerprint density at radius 3 is 2.96 bits per heavy atom. The Morgan fingerprint density at radius 1 is 1.29 bits per heavy atom.